The van der Waals surface area contributed by atoms with Gasteiger partial charge in [0, 0.05) is 35.2 Å². The Hall–Kier alpha value is -4.36. The van der Waals surface area contributed by atoms with Crippen molar-refractivity contribution in [1.82, 2.24) is 29.4 Å². The highest BCUT2D eigenvalue weighted by atomic mass is 19.1. The van der Waals surface area contributed by atoms with Gasteiger partial charge in [-0.05, 0) is 71.4 Å². The average Bonchev–Trinajstić information content (AvgIpc) is 3.41. The molecule has 0 spiro atoms. The van der Waals surface area contributed by atoms with Gasteiger partial charge in [0.15, 0.2) is 17.4 Å². The molecule has 0 bridgehead atoms. The van der Waals surface area contributed by atoms with Crippen molar-refractivity contribution in [2.24, 2.45) is 11.8 Å². The van der Waals surface area contributed by atoms with E-state index in [9.17, 15) is 9.59 Å². The molecule has 4 heterocycles. The molecule has 1 aliphatic rings. The fraction of sp³-hybridized carbons (Fsp3) is 0.486. The van der Waals surface area contributed by atoms with Gasteiger partial charge in [-0.1, -0.05) is 26.8 Å². The number of carbonyl (C=O) groups excluding carboxylic acids is 2. The number of likely N-dealkylation sites (tertiary alicyclic amines) is 1. The number of ether oxygens (including phenoxy) is 2. The molecular formula is C35H43F2N7O4. The van der Waals surface area contributed by atoms with Gasteiger partial charge in [-0.25, -0.2) is 33.5 Å². The molecule has 0 amide bonds. The molecule has 11 nitrogen and oxygen atoms in total. The Balaban J connectivity index is 1.34. The number of Topliss-reactive ketones (excluding diaryl/α,β-unsaturated/α-hetero) is 1. The lowest BCUT2D eigenvalue weighted by Crippen LogP contribution is -2.36. The van der Waals surface area contributed by atoms with E-state index in [2.05, 4.69) is 37.1 Å². The van der Waals surface area contributed by atoms with E-state index in [1.165, 1.54) is 6.07 Å². The second-order valence-electron chi connectivity index (χ2n) is 12.7. The molecule has 0 aliphatic carbocycles. The van der Waals surface area contributed by atoms with E-state index in [4.69, 9.17) is 9.47 Å². The summed E-state index contributed by atoms with van der Waals surface area (Å²) in [6.07, 6.45) is 3.78. The standard InChI is InChI=1S/C35H43F2N7O4/c1-7-43-12-10-23(11-13-43)34(48-31(46)19-47-18-29(45)20(2)3)24-8-9-30(38-16-24)41-35-39-17-27(37)32(42-35)25-14-26(36)33-28(15-25)44(21(4)5)22(6)40-33/h8-9,14-17,20-21,23,34H,7,10-13,18-19H2,1-6H3,(H,38,39,41,42)/t34-/m1/s1. The van der Waals surface area contributed by atoms with Gasteiger partial charge in [0.25, 0.3) is 0 Å². The summed E-state index contributed by atoms with van der Waals surface area (Å²) in [5.74, 6) is -0.899. The van der Waals surface area contributed by atoms with Gasteiger partial charge in [0.1, 0.15) is 42.2 Å². The third kappa shape index (κ3) is 8.01. The van der Waals surface area contributed by atoms with Gasteiger partial charge in [-0.3, -0.25) is 4.79 Å². The number of pyridine rings is 1. The number of hydrogen-bond donors (Lipinski definition) is 1. The Labute approximate surface area is 279 Å². The Morgan fingerprint density at radius 2 is 1.75 bits per heavy atom. The summed E-state index contributed by atoms with van der Waals surface area (Å²) in [5.41, 5.74) is 1.67. The number of ketones is 1. The number of halogens is 2. The van der Waals surface area contributed by atoms with Gasteiger partial charge in [0.2, 0.25) is 5.95 Å². The number of rotatable bonds is 13. The molecule has 0 saturated carbocycles. The largest absolute Gasteiger partial charge is 0.455 e. The molecule has 1 saturated heterocycles. The van der Waals surface area contributed by atoms with Crippen LogP contribution in [0.1, 0.15) is 71.0 Å². The van der Waals surface area contributed by atoms with Gasteiger partial charge < -0.3 is 24.3 Å². The first kappa shape index (κ1) is 35.0. The number of carbonyl (C=O) groups is 2. The number of fused-ring (bicyclic) bond motifs is 1. The van der Waals surface area contributed by atoms with E-state index in [1.54, 1.807) is 39.1 Å². The maximum absolute atomic E-state index is 15.1. The van der Waals surface area contributed by atoms with Crippen LogP contribution in [0.25, 0.3) is 22.3 Å². The molecule has 4 aromatic rings. The van der Waals surface area contributed by atoms with Crippen molar-refractivity contribution < 1.29 is 27.8 Å². The number of piperidine rings is 1. The number of nitrogens with zero attached hydrogens (tertiary/aromatic N) is 6. The molecule has 1 N–H and O–H groups in total. The van der Waals surface area contributed by atoms with Crippen molar-refractivity contribution in [2.75, 3.05) is 38.2 Å². The highest BCUT2D eigenvalue weighted by Gasteiger charge is 2.31. The number of imidazole rings is 1. The van der Waals surface area contributed by atoms with Crippen LogP contribution in [0.4, 0.5) is 20.5 Å². The van der Waals surface area contributed by atoms with Crippen LogP contribution in [0.15, 0.2) is 36.7 Å². The summed E-state index contributed by atoms with van der Waals surface area (Å²) in [5, 5.41) is 3.00. The second-order valence-corrected chi connectivity index (χ2v) is 12.7. The molecule has 0 unspecified atom stereocenters. The lowest BCUT2D eigenvalue weighted by Gasteiger charge is -2.35. The van der Waals surface area contributed by atoms with E-state index < -0.39 is 23.7 Å². The summed E-state index contributed by atoms with van der Waals surface area (Å²) in [6.45, 7) is 13.7. The molecule has 1 aromatic carbocycles. The third-order valence-electron chi connectivity index (χ3n) is 8.69. The highest BCUT2D eigenvalue weighted by molar-refractivity contribution is 5.83. The van der Waals surface area contributed by atoms with Gasteiger partial charge in [-0.15, -0.1) is 0 Å². The number of anilines is 2. The monoisotopic (exact) mass is 663 g/mol. The van der Waals surface area contributed by atoms with Crippen LogP contribution in [0, 0.1) is 30.4 Å². The van der Waals surface area contributed by atoms with Gasteiger partial charge in [0.05, 0.1) is 11.7 Å². The molecule has 5 rings (SSSR count). The van der Waals surface area contributed by atoms with Crippen LogP contribution >= 0.6 is 0 Å². The van der Waals surface area contributed by atoms with Crippen molar-refractivity contribution in [3.05, 3.63) is 59.7 Å². The van der Waals surface area contributed by atoms with Crippen LogP contribution in [0.2, 0.25) is 0 Å². The van der Waals surface area contributed by atoms with Crippen LogP contribution < -0.4 is 5.32 Å². The molecule has 256 valence electrons. The van der Waals surface area contributed by atoms with E-state index in [0.29, 0.717) is 22.7 Å². The zero-order valence-electron chi connectivity index (χ0n) is 28.3. The van der Waals surface area contributed by atoms with E-state index in [0.717, 1.165) is 38.7 Å². The molecule has 3 aromatic heterocycles. The number of aryl methyl sites for hydroxylation is 1. The number of hydrogen-bond acceptors (Lipinski definition) is 10. The lowest BCUT2D eigenvalue weighted by atomic mass is 9.87. The minimum absolute atomic E-state index is 0.0205. The normalized spacial score (nSPS) is 15.0. The number of benzene rings is 1. The quantitative estimate of drug-likeness (QED) is 0.162. The predicted molar refractivity (Wildman–Crippen MR) is 178 cm³/mol. The molecule has 1 atom stereocenters. The fourth-order valence-corrected chi connectivity index (χ4v) is 6.03. The Morgan fingerprint density at radius 3 is 2.40 bits per heavy atom. The minimum Gasteiger partial charge on any atom is -0.455 e. The average molecular weight is 664 g/mol. The predicted octanol–water partition coefficient (Wildman–Crippen LogP) is 6.36. The van der Waals surface area contributed by atoms with Crippen LogP contribution in [-0.4, -0.2) is 74.0 Å². The smallest absolute Gasteiger partial charge is 0.332 e. The summed E-state index contributed by atoms with van der Waals surface area (Å²) >= 11 is 0. The van der Waals surface area contributed by atoms with Gasteiger partial charge >= 0.3 is 5.97 Å². The topological polar surface area (TPSA) is 124 Å². The Bertz CT molecular complexity index is 1750. The minimum atomic E-state index is -0.703. The van der Waals surface area contributed by atoms with Crippen LogP contribution in [0.5, 0.6) is 0 Å². The fourth-order valence-electron chi connectivity index (χ4n) is 6.03. The highest BCUT2D eigenvalue weighted by Crippen LogP contribution is 2.35. The molecule has 48 heavy (non-hydrogen) atoms. The molecule has 1 fully saturated rings. The summed E-state index contributed by atoms with van der Waals surface area (Å²) < 4.78 is 43.3. The summed E-state index contributed by atoms with van der Waals surface area (Å²) in [6, 6.07) is 6.44. The van der Waals surface area contributed by atoms with Crippen LogP contribution in [0.3, 0.4) is 0 Å². The number of aromatic nitrogens is 5. The SMILES string of the molecule is CCN1CCC([C@@H](OC(=O)COCC(=O)C(C)C)c2ccc(Nc3ncc(F)c(-c4cc(F)c5nc(C)n(C(C)C)c5c4)n3)nc2)CC1. The van der Waals surface area contributed by atoms with Crippen molar-refractivity contribution in [3.63, 3.8) is 0 Å². The summed E-state index contributed by atoms with van der Waals surface area (Å²) in [7, 11) is 0. The second kappa shape index (κ2) is 15.2. The first-order valence-electron chi connectivity index (χ1n) is 16.4. The molecular weight excluding hydrogens is 620 g/mol. The van der Waals surface area contributed by atoms with Crippen molar-refractivity contribution in [1.29, 1.82) is 0 Å². The van der Waals surface area contributed by atoms with Crippen LogP contribution in [-0.2, 0) is 19.1 Å². The van der Waals surface area contributed by atoms with Crippen molar-refractivity contribution in [2.45, 2.75) is 66.5 Å². The molecule has 0 radical (unpaired) electrons. The Morgan fingerprint density at radius 1 is 1.00 bits per heavy atom. The van der Waals surface area contributed by atoms with E-state index in [1.807, 2.05) is 24.5 Å². The molecule has 1 aliphatic heterocycles. The van der Waals surface area contributed by atoms with E-state index in [-0.39, 0.29) is 59.6 Å². The van der Waals surface area contributed by atoms with Crippen molar-refractivity contribution >= 4 is 34.6 Å². The van der Waals surface area contributed by atoms with E-state index >= 15 is 8.78 Å². The Kier molecular flexibility index (Phi) is 11.1. The first-order valence-corrected chi connectivity index (χ1v) is 16.4. The number of nitrogens with one attached hydrogen (secondary N) is 1. The lowest BCUT2D eigenvalue weighted by molar-refractivity contribution is -0.159. The summed E-state index contributed by atoms with van der Waals surface area (Å²) in [4.78, 5) is 44.3. The van der Waals surface area contributed by atoms with Crippen molar-refractivity contribution in [3.8, 4) is 11.3 Å². The zero-order chi connectivity index (χ0) is 34.5. The maximum atomic E-state index is 15.1. The molecule has 13 heteroatoms. The third-order valence-corrected chi connectivity index (χ3v) is 8.69. The number of esters is 1. The maximum Gasteiger partial charge on any atom is 0.332 e. The first-order chi connectivity index (χ1) is 22.9. The van der Waals surface area contributed by atoms with Gasteiger partial charge in [-0.2, -0.15) is 0 Å². The zero-order valence-corrected chi connectivity index (χ0v) is 28.3.